The molecule has 6 nitrogen and oxygen atoms in total. The molecule has 1 rings (SSSR count). The van der Waals surface area contributed by atoms with Gasteiger partial charge in [0, 0.05) is 19.4 Å². The molecule has 1 aromatic rings. The number of esters is 3. The van der Waals surface area contributed by atoms with Gasteiger partial charge in [0.15, 0.2) is 5.75 Å². The molecule has 0 unspecified atom stereocenters. The Labute approximate surface area is 123 Å². The Kier molecular flexibility index (Phi) is 5.46. The molecule has 0 saturated heterocycles. The standard InChI is InChI=1S/C15H18O6/c1-6-19-15(18)13-8(2)7-12(20-10(4)16)9(3)14(13)21-11(5)17/h7H,6H2,1-5H3. The summed E-state index contributed by atoms with van der Waals surface area (Å²) >= 11 is 0. The highest BCUT2D eigenvalue weighted by Gasteiger charge is 2.24. The summed E-state index contributed by atoms with van der Waals surface area (Å²) in [6, 6.07) is 1.54. The first-order chi connectivity index (χ1) is 9.77. The minimum atomic E-state index is -0.594. The van der Waals surface area contributed by atoms with Gasteiger partial charge in [0.25, 0.3) is 0 Å². The molecule has 0 aliphatic heterocycles. The molecule has 0 heterocycles. The Hall–Kier alpha value is -2.37. The van der Waals surface area contributed by atoms with Crippen LogP contribution >= 0.6 is 0 Å². The van der Waals surface area contributed by atoms with E-state index in [0.717, 1.165) is 0 Å². The monoisotopic (exact) mass is 294 g/mol. The smallest absolute Gasteiger partial charge is 0.342 e. The largest absolute Gasteiger partial charge is 0.462 e. The topological polar surface area (TPSA) is 78.9 Å². The number of rotatable bonds is 4. The van der Waals surface area contributed by atoms with Crippen molar-refractivity contribution >= 4 is 17.9 Å². The first-order valence-corrected chi connectivity index (χ1v) is 6.46. The molecule has 0 aliphatic rings. The summed E-state index contributed by atoms with van der Waals surface area (Å²) in [6.07, 6.45) is 0. The van der Waals surface area contributed by atoms with Crippen molar-refractivity contribution in [3.63, 3.8) is 0 Å². The van der Waals surface area contributed by atoms with Gasteiger partial charge in [-0.1, -0.05) is 0 Å². The van der Waals surface area contributed by atoms with Crippen molar-refractivity contribution in [2.24, 2.45) is 0 Å². The van der Waals surface area contributed by atoms with E-state index in [1.165, 1.54) is 19.9 Å². The van der Waals surface area contributed by atoms with Crippen LogP contribution in [-0.4, -0.2) is 24.5 Å². The maximum atomic E-state index is 12.0. The molecule has 0 atom stereocenters. The van der Waals surface area contributed by atoms with E-state index in [2.05, 4.69) is 0 Å². The minimum Gasteiger partial charge on any atom is -0.462 e. The number of aryl methyl sites for hydroxylation is 1. The molecule has 114 valence electrons. The predicted octanol–water partition coefficient (Wildman–Crippen LogP) is 2.33. The molecule has 0 spiro atoms. The Balaban J connectivity index is 3.48. The van der Waals surface area contributed by atoms with E-state index in [0.29, 0.717) is 11.1 Å². The molecule has 0 bridgehead atoms. The highest BCUT2D eigenvalue weighted by atomic mass is 16.6. The molecule has 0 amide bonds. The zero-order valence-electron chi connectivity index (χ0n) is 12.7. The van der Waals surface area contributed by atoms with Crippen LogP contribution in [0.5, 0.6) is 11.5 Å². The summed E-state index contributed by atoms with van der Waals surface area (Å²) < 4.78 is 15.1. The summed E-state index contributed by atoms with van der Waals surface area (Å²) in [4.78, 5) is 34.4. The van der Waals surface area contributed by atoms with Crippen molar-refractivity contribution in [2.75, 3.05) is 6.61 Å². The second kappa shape index (κ2) is 6.88. The van der Waals surface area contributed by atoms with Gasteiger partial charge in [0.1, 0.15) is 11.3 Å². The van der Waals surface area contributed by atoms with Crippen LogP contribution in [0, 0.1) is 13.8 Å². The fourth-order valence-electron chi connectivity index (χ4n) is 1.84. The lowest BCUT2D eigenvalue weighted by Crippen LogP contribution is -2.14. The van der Waals surface area contributed by atoms with Gasteiger partial charge in [0.2, 0.25) is 0 Å². The fraction of sp³-hybridized carbons (Fsp3) is 0.400. The van der Waals surface area contributed by atoms with E-state index in [9.17, 15) is 14.4 Å². The average molecular weight is 294 g/mol. The summed E-state index contributed by atoms with van der Waals surface area (Å²) in [6.45, 7) is 7.60. The Morgan fingerprint density at radius 2 is 1.62 bits per heavy atom. The third-order valence-corrected chi connectivity index (χ3v) is 2.66. The van der Waals surface area contributed by atoms with Crippen LogP contribution in [0.3, 0.4) is 0 Å². The van der Waals surface area contributed by atoms with E-state index in [-0.39, 0.29) is 23.7 Å². The maximum absolute atomic E-state index is 12.0. The summed E-state index contributed by atoms with van der Waals surface area (Å²) in [5, 5.41) is 0. The normalized spacial score (nSPS) is 9.95. The lowest BCUT2D eigenvalue weighted by molar-refractivity contribution is -0.132. The minimum absolute atomic E-state index is 0.0530. The second-order valence-electron chi connectivity index (χ2n) is 4.43. The van der Waals surface area contributed by atoms with Crippen molar-refractivity contribution in [1.82, 2.24) is 0 Å². The van der Waals surface area contributed by atoms with E-state index in [4.69, 9.17) is 14.2 Å². The molecule has 1 aromatic carbocycles. The zero-order chi connectivity index (χ0) is 16.2. The van der Waals surface area contributed by atoms with Crippen molar-refractivity contribution in [1.29, 1.82) is 0 Å². The van der Waals surface area contributed by atoms with E-state index >= 15 is 0 Å². The third-order valence-electron chi connectivity index (χ3n) is 2.66. The van der Waals surface area contributed by atoms with Crippen molar-refractivity contribution in [3.05, 3.63) is 22.8 Å². The van der Waals surface area contributed by atoms with Gasteiger partial charge in [-0.15, -0.1) is 0 Å². The predicted molar refractivity (Wildman–Crippen MR) is 74.5 cm³/mol. The number of benzene rings is 1. The van der Waals surface area contributed by atoms with E-state index < -0.39 is 17.9 Å². The summed E-state index contributed by atoms with van der Waals surface area (Å²) in [5.41, 5.74) is 1.03. The first kappa shape index (κ1) is 16.7. The zero-order valence-corrected chi connectivity index (χ0v) is 12.7. The molecule has 6 heteroatoms. The fourth-order valence-corrected chi connectivity index (χ4v) is 1.84. The molecule has 0 aliphatic carbocycles. The molecule has 21 heavy (non-hydrogen) atoms. The molecular weight excluding hydrogens is 276 g/mol. The lowest BCUT2D eigenvalue weighted by Gasteiger charge is -2.16. The quantitative estimate of drug-likeness (QED) is 0.626. The van der Waals surface area contributed by atoms with Crippen LogP contribution in [0.1, 0.15) is 42.3 Å². The van der Waals surface area contributed by atoms with Gasteiger partial charge in [0.05, 0.1) is 6.61 Å². The molecule has 0 N–H and O–H groups in total. The van der Waals surface area contributed by atoms with Crippen LogP contribution in [0.15, 0.2) is 6.07 Å². The van der Waals surface area contributed by atoms with Crippen molar-refractivity contribution < 1.29 is 28.6 Å². The Bertz CT molecular complexity index is 588. The molecule has 0 radical (unpaired) electrons. The maximum Gasteiger partial charge on any atom is 0.342 e. The van der Waals surface area contributed by atoms with Gasteiger partial charge in [-0.3, -0.25) is 9.59 Å². The summed E-state index contributed by atoms with van der Waals surface area (Å²) in [7, 11) is 0. The number of ether oxygens (including phenoxy) is 3. The number of hydrogen-bond acceptors (Lipinski definition) is 6. The van der Waals surface area contributed by atoms with E-state index in [1.807, 2.05) is 0 Å². The van der Waals surface area contributed by atoms with Crippen LogP contribution in [0.25, 0.3) is 0 Å². The van der Waals surface area contributed by atoms with Crippen LogP contribution < -0.4 is 9.47 Å². The number of carbonyl (C=O) groups excluding carboxylic acids is 3. The SMILES string of the molecule is CCOC(=O)c1c(C)cc(OC(C)=O)c(C)c1OC(C)=O. The van der Waals surface area contributed by atoms with E-state index in [1.54, 1.807) is 20.8 Å². The van der Waals surface area contributed by atoms with Gasteiger partial charge in [-0.05, 0) is 32.4 Å². The second-order valence-corrected chi connectivity index (χ2v) is 4.43. The molecular formula is C15H18O6. The van der Waals surface area contributed by atoms with Crippen molar-refractivity contribution in [3.8, 4) is 11.5 Å². The number of hydrogen-bond donors (Lipinski definition) is 0. The average Bonchev–Trinajstić information content (AvgIpc) is 2.34. The van der Waals surface area contributed by atoms with Crippen molar-refractivity contribution in [2.45, 2.75) is 34.6 Å². The van der Waals surface area contributed by atoms with Gasteiger partial charge in [-0.25, -0.2) is 4.79 Å². The number of carbonyl (C=O) groups is 3. The highest BCUT2D eigenvalue weighted by molar-refractivity contribution is 5.96. The highest BCUT2D eigenvalue weighted by Crippen LogP contribution is 2.35. The van der Waals surface area contributed by atoms with Crippen LogP contribution in [-0.2, 0) is 14.3 Å². The molecule has 0 saturated carbocycles. The first-order valence-electron chi connectivity index (χ1n) is 6.46. The Morgan fingerprint density at radius 3 is 2.10 bits per heavy atom. The lowest BCUT2D eigenvalue weighted by atomic mass is 10.0. The van der Waals surface area contributed by atoms with Crippen LogP contribution in [0.4, 0.5) is 0 Å². The van der Waals surface area contributed by atoms with Crippen LogP contribution in [0.2, 0.25) is 0 Å². The van der Waals surface area contributed by atoms with Gasteiger partial charge in [-0.2, -0.15) is 0 Å². The third kappa shape index (κ3) is 4.05. The Morgan fingerprint density at radius 1 is 1.05 bits per heavy atom. The van der Waals surface area contributed by atoms with Gasteiger partial charge >= 0.3 is 17.9 Å². The molecule has 0 aromatic heterocycles. The van der Waals surface area contributed by atoms with Gasteiger partial charge < -0.3 is 14.2 Å². The molecule has 0 fully saturated rings. The summed E-state index contributed by atoms with van der Waals surface area (Å²) in [5.74, 6) is -1.39.